The lowest BCUT2D eigenvalue weighted by molar-refractivity contribution is 0.102. The van der Waals surface area contributed by atoms with Crippen molar-refractivity contribution in [1.82, 2.24) is 5.16 Å². The maximum atomic E-state index is 13.4. The molecule has 0 aliphatic rings. The van der Waals surface area contributed by atoms with Gasteiger partial charge in [-0.3, -0.25) is 4.79 Å². The molecular weight excluding hydrogens is 339 g/mol. The quantitative estimate of drug-likeness (QED) is 0.656. The summed E-state index contributed by atoms with van der Waals surface area (Å²) in [5.41, 5.74) is 2.63. The van der Waals surface area contributed by atoms with Crippen LogP contribution in [-0.4, -0.2) is 11.1 Å². The molecule has 3 aromatic rings. The number of aryl methyl sites for hydroxylation is 2. The lowest BCUT2D eigenvalue weighted by Gasteiger charge is -2.11. The minimum atomic E-state index is -0.385. The van der Waals surface area contributed by atoms with Crippen molar-refractivity contribution in [2.75, 3.05) is 5.32 Å². The molecule has 0 radical (unpaired) electrons. The summed E-state index contributed by atoms with van der Waals surface area (Å²) >= 11 is 1.49. The van der Waals surface area contributed by atoms with Gasteiger partial charge in [0.25, 0.3) is 5.91 Å². The number of benzene rings is 2. The lowest BCUT2D eigenvalue weighted by atomic mass is 10.1. The Morgan fingerprint density at radius 3 is 2.76 bits per heavy atom. The van der Waals surface area contributed by atoms with E-state index in [1.54, 1.807) is 18.2 Å². The summed E-state index contributed by atoms with van der Waals surface area (Å²) in [4.78, 5) is 13.5. The minimum Gasteiger partial charge on any atom is -0.360 e. The molecule has 1 heterocycles. The number of carbonyl (C=O) groups is 1. The van der Waals surface area contributed by atoms with E-state index in [2.05, 4.69) is 10.5 Å². The molecular formula is C19H17FN2O2S. The summed E-state index contributed by atoms with van der Waals surface area (Å²) in [6, 6.07) is 13.5. The van der Waals surface area contributed by atoms with Crippen LogP contribution in [0.15, 0.2) is 57.9 Å². The van der Waals surface area contributed by atoms with E-state index in [0.717, 1.165) is 21.9 Å². The highest BCUT2D eigenvalue weighted by atomic mass is 32.2. The average Bonchev–Trinajstić information content (AvgIpc) is 3.02. The van der Waals surface area contributed by atoms with Crippen molar-refractivity contribution < 1.29 is 13.7 Å². The first-order chi connectivity index (χ1) is 12.0. The van der Waals surface area contributed by atoms with E-state index in [-0.39, 0.29) is 11.7 Å². The number of rotatable bonds is 5. The van der Waals surface area contributed by atoms with Gasteiger partial charge in [0.15, 0.2) is 0 Å². The number of thioether (sulfide) groups is 1. The van der Waals surface area contributed by atoms with E-state index >= 15 is 0 Å². The second-order valence-electron chi connectivity index (χ2n) is 5.63. The molecule has 0 aliphatic heterocycles. The number of hydrogen-bond donors (Lipinski definition) is 1. The van der Waals surface area contributed by atoms with Crippen LogP contribution in [0.1, 0.15) is 27.4 Å². The summed E-state index contributed by atoms with van der Waals surface area (Å²) in [6.07, 6.45) is 0. The summed E-state index contributed by atoms with van der Waals surface area (Å²) in [7, 11) is 0. The molecule has 25 heavy (non-hydrogen) atoms. The molecule has 4 nitrogen and oxygen atoms in total. The van der Waals surface area contributed by atoms with Gasteiger partial charge < -0.3 is 9.84 Å². The number of amides is 1. The third-order valence-corrected chi connectivity index (χ3v) is 4.72. The molecule has 6 heteroatoms. The number of aromatic nitrogens is 1. The van der Waals surface area contributed by atoms with Gasteiger partial charge in [0, 0.05) is 16.6 Å². The van der Waals surface area contributed by atoms with Crippen LogP contribution in [0.3, 0.4) is 0 Å². The summed E-state index contributed by atoms with van der Waals surface area (Å²) in [6.45, 7) is 3.68. The zero-order valence-electron chi connectivity index (χ0n) is 13.9. The van der Waals surface area contributed by atoms with E-state index < -0.39 is 0 Å². The van der Waals surface area contributed by atoms with Gasteiger partial charge in [-0.1, -0.05) is 23.4 Å². The van der Waals surface area contributed by atoms with Crippen LogP contribution < -0.4 is 5.32 Å². The SMILES string of the molecule is Cc1cc(CSc2ccccc2C(=O)Nc2cc(F)ccc2C)on1. The molecule has 0 bridgehead atoms. The second kappa shape index (κ2) is 7.53. The number of hydrogen-bond acceptors (Lipinski definition) is 4. The first-order valence-electron chi connectivity index (χ1n) is 7.74. The number of nitrogens with zero attached hydrogens (tertiary/aromatic N) is 1. The van der Waals surface area contributed by atoms with Gasteiger partial charge in [-0.05, 0) is 43.7 Å². The maximum absolute atomic E-state index is 13.4. The van der Waals surface area contributed by atoms with E-state index in [9.17, 15) is 9.18 Å². The number of anilines is 1. The summed E-state index contributed by atoms with van der Waals surface area (Å²) in [5, 5.41) is 6.64. The molecule has 0 spiro atoms. The summed E-state index contributed by atoms with van der Waals surface area (Å²) < 4.78 is 18.6. The van der Waals surface area contributed by atoms with Crippen LogP contribution >= 0.6 is 11.8 Å². The predicted molar refractivity (Wildman–Crippen MR) is 96.3 cm³/mol. The highest BCUT2D eigenvalue weighted by molar-refractivity contribution is 7.98. The fourth-order valence-electron chi connectivity index (χ4n) is 2.33. The van der Waals surface area contributed by atoms with E-state index in [4.69, 9.17) is 4.52 Å². The van der Waals surface area contributed by atoms with Gasteiger partial charge in [0.05, 0.1) is 17.0 Å². The van der Waals surface area contributed by atoms with Gasteiger partial charge in [-0.25, -0.2) is 4.39 Å². The standard InChI is InChI=1S/C19H17FN2O2S/c1-12-7-8-14(20)10-17(12)21-19(23)16-5-3-4-6-18(16)25-11-15-9-13(2)22-24-15/h3-10H,11H2,1-2H3,(H,21,23). The Hall–Kier alpha value is -2.60. The maximum Gasteiger partial charge on any atom is 0.256 e. The van der Waals surface area contributed by atoms with Crippen molar-refractivity contribution in [3.05, 3.63) is 76.9 Å². The van der Waals surface area contributed by atoms with Gasteiger partial charge >= 0.3 is 0 Å². The molecule has 0 atom stereocenters. The Bertz CT molecular complexity index is 908. The Labute approximate surface area is 149 Å². The van der Waals surface area contributed by atoms with Crippen molar-refractivity contribution in [3.63, 3.8) is 0 Å². The van der Waals surface area contributed by atoms with Crippen molar-refractivity contribution in [2.45, 2.75) is 24.5 Å². The molecule has 1 amide bonds. The largest absolute Gasteiger partial charge is 0.360 e. The van der Waals surface area contributed by atoms with Gasteiger partial charge in [0.1, 0.15) is 11.6 Å². The molecule has 1 aromatic heterocycles. The molecule has 0 aliphatic carbocycles. The van der Waals surface area contributed by atoms with Gasteiger partial charge in [-0.15, -0.1) is 11.8 Å². The zero-order chi connectivity index (χ0) is 17.8. The monoisotopic (exact) mass is 356 g/mol. The number of carbonyl (C=O) groups excluding carboxylic acids is 1. The fraction of sp³-hybridized carbons (Fsp3) is 0.158. The number of nitrogens with one attached hydrogen (secondary N) is 1. The zero-order valence-corrected chi connectivity index (χ0v) is 14.7. The normalized spacial score (nSPS) is 10.7. The number of halogens is 1. The van der Waals surface area contributed by atoms with Crippen LogP contribution in [0, 0.1) is 19.7 Å². The van der Waals surface area contributed by atoms with Crippen LogP contribution in [0.25, 0.3) is 0 Å². The molecule has 0 saturated carbocycles. The average molecular weight is 356 g/mol. The van der Waals surface area contributed by atoms with Gasteiger partial charge in [0.2, 0.25) is 0 Å². The van der Waals surface area contributed by atoms with E-state index in [1.165, 1.54) is 23.9 Å². The van der Waals surface area contributed by atoms with Crippen LogP contribution in [0.4, 0.5) is 10.1 Å². The Morgan fingerprint density at radius 2 is 2.00 bits per heavy atom. The highest BCUT2D eigenvalue weighted by Crippen LogP contribution is 2.27. The topological polar surface area (TPSA) is 55.1 Å². The van der Waals surface area contributed by atoms with E-state index in [0.29, 0.717) is 17.0 Å². The summed E-state index contributed by atoms with van der Waals surface area (Å²) in [5.74, 6) is 0.665. The third-order valence-electron chi connectivity index (χ3n) is 3.63. The molecule has 128 valence electrons. The third kappa shape index (κ3) is 4.28. The fourth-order valence-corrected chi connectivity index (χ4v) is 3.26. The van der Waals surface area contributed by atoms with E-state index in [1.807, 2.05) is 32.0 Å². The molecule has 3 rings (SSSR count). The smallest absolute Gasteiger partial charge is 0.256 e. The Kier molecular flexibility index (Phi) is 5.19. The highest BCUT2D eigenvalue weighted by Gasteiger charge is 2.14. The van der Waals surface area contributed by atoms with Crippen molar-refractivity contribution in [3.8, 4) is 0 Å². The van der Waals surface area contributed by atoms with Crippen molar-refractivity contribution >= 4 is 23.4 Å². The molecule has 0 fully saturated rings. The Balaban J connectivity index is 1.77. The van der Waals surface area contributed by atoms with Gasteiger partial charge in [-0.2, -0.15) is 0 Å². The van der Waals surface area contributed by atoms with Crippen molar-refractivity contribution in [2.24, 2.45) is 0 Å². The lowest BCUT2D eigenvalue weighted by Crippen LogP contribution is -2.14. The van der Waals surface area contributed by atoms with Crippen LogP contribution in [0.5, 0.6) is 0 Å². The second-order valence-corrected chi connectivity index (χ2v) is 6.65. The molecule has 1 N–H and O–H groups in total. The van der Waals surface area contributed by atoms with Crippen molar-refractivity contribution in [1.29, 1.82) is 0 Å². The Morgan fingerprint density at radius 1 is 1.20 bits per heavy atom. The molecule has 2 aromatic carbocycles. The van der Waals surface area contributed by atoms with Crippen LogP contribution in [-0.2, 0) is 5.75 Å². The molecule has 0 saturated heterocycles. The predicted octanol–water partition coefficient (Wildman–Crippen LogP) is 4.98. The first kappa shape index (κ1) is 17.2. The minimum absolute atomic E-state index is 0.273. The first-order valence-corrected chi connectivity index (χ1v) is 8.73. The molecule has 0 unspecified atom stereocenters. The van der Waals surface area contributed by atoms with Crippen LogP contribution in [0.2, 0.25) is 0 Å².